The molecule has 4 rings (SSSR count). The van der Waals surface area contributed by atoms with Crippen LogP contribution in [0.25, 0.3) is 21.8 Å². The standard InChI is InChI=1S/C31H43FN4O2/c1-21-11-12-22-15-16-35(27(22)26(21)32)20-31(4,5)34(8)17-23-18-36(19-30(2,3)33(6)7)28-24(23)13-14-25(37-9)29(28)38-10/h11-16,18H,17,19-20H2,1-10H3. The van der Waals surface area contributed by atoms with Crippen molar-refractivity contribution < 1.29 is 13.9 Å². The molecule has 2 aromatic heterocycles. The Bertz CT molecular complexity index is 1450. The van der Waals surface area contributed by atoms with Gasteiger partial charge < -0.3 is 23.5 Å². The van der Waals surface area contributed by atoms with Gasteiger partial charge >= 0.3 is 0 Å². The van der Waals surface area contributed by atoms with Crippen LogP contribution < -0.4 is 9.47 Å². The third-order valence-corrected chi connectivity index (χ3v) is 8.29. The highest BCUT2D eigenvalue weighted by molar-refractivity contribution is 5.91. The fourth-order valence-corrected chi connectivity index (χ4v) is 5.08. The van der Waals surface area contributed by atoms with Crippen molar-refractivity contribution in [3.05, 3.63) is 59.7 Å². The van der Waals surface area contributed by atoms with Crippen molar-refractivity contribution in [1.29, 1.82) is 0 Å². The molecular weight excluding hydrogens is 479 g/mol. The average molecular weight is 523 g/mol. The second kappa shape index (κ2) is 10.3. The molecule has 0 bridgehead atoms. The zero-order chi connectivity index (χ0) is 28.0. The van der Waals surface area contributed by atoms with E-state index in [0.717, 1.165) is 40.9 Å². The van der Waals surface area contributed by atoms with Gasteiger partial charge in [0, 0.05) is 53.9 Å². The number of aryl methyl sites for hydroxylation is 1. The number of nitrogens with zero attached hydrogens (tertiary/aromatic N) is 4. The molecule has 0 aliphatic heterocycles. The number of aromatic nitrogens is 2. The van der Waals surface area contributed by atoms with E-state index in [1.54, 1.807) is 14.2 Å². The fourth-order valence-electron chi connectivity index (χ4n) is 5.08. The molecule has 0 radical (unpaired) electrons. The van der Waals surface area contributed by atoms with E-state index in [4.69, 9.17) is 9.47 Å². The largest absolute Gasteiger partial charge is 0.493 e. The first-order valence-electron chi connectivity index (χ1n) is 13.2. The Balaban J connectivity index is 1.71. The molecule has 0 aliphatic rings. The molecule has 0 unspecified atom stereocenters. The van der Waals surface area contributed by atoms with Crippen molar-refractivity contribution in [2.24, 2.45) is 0 Å². The average Bonchev–Trinajstić information content (AvgIpc) is 3.41. The van der Waals surface area contributed by atoms with E-state index < -0.39 is 0 Å². The van der Waals surface area contributed by atoms with Gasteiger partial charge in [-0.2, -0.15) is 0 Å². The monoisotopic (exact) mass is 522 g/mol. The fraction of sp³-hybridized carbons (Fsp3) is 0.484. The third-order valence-electron chi connectivity index (χ3n) is 8.29. The predicted molar refractivity (Wildman–Crippen MR) is 155 cm³/mol. The summed E-state index contributed by atoms with van der Waals surface area (Å²) in [6, 6.07) is 9.94. The number of fused-ring (bicyclic) bond motifs is 2. The van der Waals surface area contributed by atoms with E-state index in [2.05, 4.69) is 75.5 Å². The number of methoxy groups -OCH3 is 2. The number of rotatable bonds is 10. The number of likely N-dealkylation sites (N-methyl/N-ethyl adjacent to an activating group) is 2. The summed E-state index contributed by atoms with van der Waals surface area (Å²) in [4.78, 5) is 4.59. The highest BCUT2D eigenvalue weighted by Crippen LogP contribution is 2.39. The smallest absolute Gasteiger partial charge is 0.185 e. The molecule has 38 heavy (non-hydrogen) atoms. The lowest BCUT2D eigenvalue weighted by atomic mass is 10.0. The molecule has 0 aliphatic carbocycles. The summed E-state index contributed by atoms with van der Waals surface area (Å²) >= 11 is 0. The van der Waals surface area contributed by atoms with Gasteiger partial charge in [0.1, 0.15) is 5.82 Å². The van der Waals surface area contributed by atoms with Crippen molar-refractivity contribution >= 4 is 21.8 Å². The van der Waals surface area contributed by atoms with Crippen molar-refractivity contribution in [1.82, 2.24) is 18.9 Å². The van der Waals surface area contributed by atoms with Gasteiger partial charge in [-0.3, -0.25) is 4.90 Å². The predicted octanol–water partition coefficient (Wildman–Crippen LogP) is 6.31. The first-order chi connectivity index (χ1) is 17.8. The van der Waals surface area contributed by atoms with Crippen LogP contribution in [-0.2, 0) is 19.6 Å². The lowest BCUT2D eigenvalue weighted by Gasteiger charge is -2.36. The van der Waals surface area contributed by atoms with E-state index in [1.165, 1.54) is 5.56 Å². The Hall–Kier alpha value is -3.03. The molecule has 206 valence electrons. The Labute approximate surface area is 226 Å². The second-order valence-corrected chi connectivity index (χ2v) is 11.9. The van der Waals surface area contributed by atoms with E-state index in [0.29, 0.717) is 17.6 Å². The maximum atomic E-state index is 15.1. The van der Waals surface area contributed by atoms with Crippen LogP contribution in [0.4, 0.5) is 4.39 Å². The summed E-state index contributed by atoms with van der Waals surface area (Å²) in [6.45, 7) is 12.9. The molecule has 4 aromatic rings. The molecule has 6 nitrogen and oxygen atoms in total. The minimum atomic E-state index is -0.240. The molecule has 0 N–H and O–H groups in total. The maximum absolute atomic E-state index is 15.1. The van der Waals surface area contributed by atoms with Gasteiger partial charge in [0.15, 0.2) is 11.5 Å². The summed E-state index contributed by atoms with van der Waals surface area (Å²) in [5.41, 5.74) is 3.28. The number of benzene rings is 2. The van der Waals surface area contributed by atoms with E-state index in [1.807, 2.05) is 42.0 Å². The molecular formula is C31H43FN4O2. The highest BCUT2D eigenvalue weighted by Gasteiger charge is 2.29. The van der Waals surface area contributed by atoms with E-state index in [9.17, 15) is 0 Å². The first-order valence-corrected chi connectivity index (χ1v) is 13.2. The number of hydrogen-bond acceptors (Lipinski definition) is 4. The van der Waals surface area contributed by atoms with E-state index in [-0.39, 0.29) is 16.9 Å². The van der Waals surface area contributed by atoms with Gasteiger partial charge in [-0.15, -0.1) is 0 Å². The van der Waals surface area contributed by atoms with Crippen LogP contribution in [-0.4, -0.2) is 65.4 Å². The first kappa shape index (κ1) is 28.0. The van der Waals surface area contributed by atoms with Crippen LogP contribution >= 0.6 is 0 Å². The Kier molecular flexibility index (Phi) is 7.56. The SMILES string of the molecule is COc1ccc2c(CN(C)C(C)(C)Cn3ccc4ccc(C)c(F)c43)cn(CC(C)(C)N(C)C)c2c1OC. The molecule has 7 heteroatoms. The lowest BCUT2D eigenvalue weighted by molar-refractivity contribution is 0.128. The Morgan fingerprint density at radius 1 is 0.842 bits per heavy atom. The van der Waals surface area contributed by atoms with E-state index >= 15 is 4.39 Å². The van der Waals surface area contributed by atoms with Crippen molar-refractivity contribution in [2.75, 3.05) is 35.4 Å². The quantitative estimate of drug-likeness (QED) is 0.244. The minimum Gasteiger partial charge on any atom is -0.493 e. The summed E-state index contributed by atoms with van der Waals surface area (Å²) < 4.78 is 30.9. The van der Waals surface area contributed by atoms with Gasteiger partial charge in [0.2, 0.25) is 0 Å². The van der Waals surface area contributed by atoms with Crippen LogP contribution in [0.3, 0.4) is 0 Å². The van der Waals surface area contributed by atoms with Crippen LogP contribution in [0.1, 0.15) is 38.8 Å². The second-order valence-electron chi connectivity index (χ2n) is 11.9. The lowest BCUT2D eigenvalue weighted by Crippen LogP contribution is -2.44. The van der Waals surface area contributed by atoms with Gasteiger partial charge in [-0.25, -0.2) is 4.39 Å². The van der Waals surface area contributed by atoms with Crippen LogP contribution in [0, 0.1) is 12.7 Å². The topological polar surface area (TPSA) is 34.8 Å². The molecule has 2 aromatic carbocycles. The molecule has 0 fully saturated rings. The molecule has 0 saturated carbocycles. The van der Waals surface area contributed by atoms with Gasteiger partial charge in [-0.1, -0.05) is 12.1 Å². The van der Waals surface area contributed by atoms with Gasteiger partial charge in [0.25, 0.3) is 0 Å². The van der Waals surface area contributed by atoms with Crippen molar-refractivity contribution in [3.63, 3.8) is 0 Å². The van der Waals surface area contributed by atoms with Crippen LogP contribution in [0.2, 0.25) is 0 Å². The molecule has 0 amide bonds. The molecule has 0 atom stereocenters. The molecule has 0 saturated heterocycles. The zero-order valence-electron chi connectivity index (χ0n) is 24.6. The third kappa shape index (κ3) is 5.02. The summed E-state index contributed by atoms with van der Waals surface area (Å²) in [5.74, 6) is 1.33. The number of ether oxygens (including phenoxy) is 2. The minimum absolute atomic E-state index is 0.0693. The Morgan fingerprint density at radius 2 is 1.53 bits per heavy atom. The van der Waals surface area contributed by atoms with Crippen LogP contribution in [0.5, 0.6) is 11.5 Å². The molecule has 0 spiro atoms. The summed E-state index contributed by atoms with van der Waals surface area (Å²) in [7, 11) is 9.73. The Morgan fingerprint density at radius 3 is 2.16 bits per heavy atom. The maximum Gasteiger partial charge on any atom is 0.185 e. The van der Waals surface area contributed by atoms with Crippen molar-refractivity contribution in [2.45, 2.75) is 65.3 Å². The van der Waals surface area contributed by atoms with Crippen LogP contribution in [0.15, 0.2) is 42.7 Å². The summed E-state index contributed by atoms with van der Waals surface area (Å²) in [5, 5.41) is 2.08. The summed E-state index contributed by atoms with van der Waals surface area (Å²) in [6.07, 6.45) is 4.24. The van der Waals surface area contributed by atoms with Crippen molar-refractivity contribution in [3.8, 4) is 11.5 Å². The van der Waals surface area contributed by atoms with Gasteiger partial charge in [-0.05, 0) is 85.1 Å². The highest BCUT2D eigenvalue weighted by atomic mass is 19.1. The molecule has 2 heterocycles. The van der Waals surface area contributed by atoms with Gasteiger partial charge in [0.05, 0.1) is 25.3 Å². The zero-order valence-corrected chi connectivity index (χ0v) is 24.6. The number of halogens is 1. The number of hydrogen-bond donors (Lipinski definition) is 0. The normalized spacial score (nSPS) is 12.9.